The quantitative estimate of drug-likeness (QED) is 0.729. The molecular formula is C20H26Cl2N4. The van der Waals surface area contributed by atoms with Crippen LogP contribution in [0.3, 0.4) is 0 Å². The molecule has 0 aliphatic carbocycles. The van der Waals surface area contributed by atoms with Gasteiger partial charge in [0.25, 0.3) is 0 Å². The molecule has 0 saturated carbocycles. The highest BCUT2D eigenvalue weighted by Gasteiger charge is 2.33. The molecule has 1 fully saturated rings. The van der Waals surface area contributed by atoms with E-state index in [4.69, 9.17) is 10.7 Å². The topological polar surface area (TPSA) is 46.6 Å². The van der Waals surface area contributed by atoms with Gasteiger partial charge in [-0.15, -0.1) is 24.8 Å². The average Bonchev–Trinajstić information content (AvgIpc) is 3.18. The lowest BCUT2D eigenvalue weighted by molar-refractivity contribution is 0.272. The first kappa shape index (κ1) is 20.7. The predicted molar refractivity (Wildman–Crippen MR) is 112 cm³/mol. The van der Waals surface area contributed by atoms with Crippen LogP contribution in [0.2, 0.25) is 0 Å². The minimum atomic E-state index is 0. The average molecular weight is 393 g/mol. The highest BCUT2D eigenvalue weighted by Crippen LogP contribution is 2.32. The molecule has 3 aromatic rings. The second-order valence-corrected chi connectivity index (χ2v) is 7.18. The lowest BCUT2D eigenvalue weighted by atomic mass is 9.90. The normalized spacial score (nSPS) is 19.9. The number of nitrogens with zero attached hydrogens (tertiary/aromatic N) is 3. The fourth-order valence-electron chi connectivity index (χ4n) is 3.66. The number of benzene rings is 1. The van der Waals surface area contributed by atoms with Crippen molar-refractivity contribution in [1.82, 2.24) is 14.3 Å². The summed E-state index contributed by atoms with van der Waals surface area (Å²) in [5.41, 5.74) is 10.7. The minimum absolute atomic E-state index is 0. The molecule has 1 saturated heterocycles. The van der Waals surface area contributed by atoms with Crippen molar-refractivity contribution < 1.29 is 0 Å². The summed E-state index contributed by atoms with van der Waals surface area (Å²) >= 11 is 0. The van der Waals surface area contributed by atoms with E-state index in [1.54, 1.807) is 0 Å². The number of nitrogens with two attached hydrogens (primary N) is 1. The van der Waals surface area contributed by atoms with Gasteiger partial charge in [0.05, 0.1) is 11.4 Å². The van der Waals surface area contributed by atoms with Gasteiger partial charge < -0.3 is 10.1 Å². The van der Waals surface area contributed by atoms with Crippen LogP contribution in [0.1, 0.15) is 19.0 Å². The number of likely N-dealkylation sites (tertiary alicyclic amines) is 1. The molecule has 0 radical (unpaired) electrons. The molecule has 140 valence electrons. The van der Waals surface area contributed by atoms with E-state index in [2.05, 4.69) is 58.8 Å². The highest BCUT2D eigenvalue weighted by atomic mass is 35.5. The molecule has 3 heterocycles. The molecule has 2 aromatic heterocycles. The summed E-state index contributed by atoms with van der Waals surface area (Å²) in [7, 11) is 0. The van der Waals surface area contributed by atoms with Crippen molar-refractivity contribution in [1.29, 1.82) is 0 Å². The van der Waals surface area contributed by atoms with Crippen LogP contribution in [0, 0.1) is 5.41 Å². The Kier molecular flexibility index (Phi) is 6.69. The number of hydrogen-bond donors (Lipinski definition) is 1. The minimum Gasteiger partial charge on any atom is -0.330 e. The van der Waals surface area contributed by atoms with Gasteiger partial charge in [0.15, 0.2) is 0 Å². The SMILES string of the molecule is CC1(CN)CCN(Cc2c(-c3ccccc3)nc3ccccn23)C1.Cl.Cl. The fourth-order valence-corrected chi connectivity index (χ4v) is 3.66. The first-order valence-electron chi connectivity index (χ1n) is 8.62. The fraction of sp³-hybridized carbons (Fsp3) is 0.350. The zero-order chi connectivity index (χ0) is 16.6. The van der Waals surface area contributed by atoms with Crippen LogP contribution < -0.4 is 5.73 Å². The van der Waals surface area contributed by atoms with Crippen LogP contribution in [-0.4, -0.2) is 33.9 Å². The second kappa shape index (κ2) is 8.40. The summed E-state index contributed by atoms with van der Waals surface area (Å²) in [5.74, 6) is 0. The summed E-state index contributed by atoms with van der Waals surface area (Å²) in [6.45, 7) is 6.10. The number of aromatic nitrogens is 2. The van der Waals surface area contributed by atoms with Crippen molar-refractivity contribution in [3.05, 3.63) is 60.4 Å². The van der Waals surface area contributed by atoms with Crippen LogP contribution in [0.25, 0.3) is 16.9 Å². The monoisotopic (exact) mass is 392 g/mol. The molecule has 4 nitrogen and oxygen atoms in total. The lowest BCUT2D eigenvalue weighted by Gasteiger charge is -2.22. The smallest absolute Gasteiger partial charge is 0.137 e. The number of imidazole rings is 1. The van der Waals surface area contributed by atoms with Gasteiger partial charge in [0.2, 0.25) is 0 Å². The Morgan fingerprint density at radius 1 is 1.08 bits per heavy atom. The number of halogens is 2. The van der Waals surface area contributed by atoms with E-state index in [0.717, 1.165) is 37.5 Å². The summed E-state index contributed by atoms with van der Waals surface area (Å²) in [4.78, 5) is 7.40. The van der Waals surface area contributed by atoms with E-state index in [0.29, 0.717) is 0 Å². The molecule has 1 unspecified atom stereocenters. The molecule has 26 heavy (non-hydrogen) atoms. The molecule has 1 aliphatic rings. The van der Waals surface area contributed by atoms with E-state index in [1.165, 1.54) is 17.7 Å². The van der Waals surface area contributed by atoms with Gasteiger partial charge in [-0.25, -0.2) is 4.98 Å². The van der Waals surface area contributed by atoms with Gasteiger partial charge in [0.1, 0.15) is 5.65 Å². The Balaban J connectivity index is 0.00000121. The Morgan fingerprint density at radius 3 is 2.50 bits per heavy atom. The zero-order valence-corrected chi connectivity index (χ0v) is 16.6. The van der Waals surface area contributed by atoms with Crippen molar-refractivity contribution in [3.63, 3.8) is 0 Å². The van der Waals surface area contributed by atoms with E-state index in [-0.39, 0.29) is 30.2 Å². The first-order valence-corrected chi connectivity index (χ1v) is 8.62. The Bertz CT molecular complexity index is 849. The predicted octanol–water partition coefficient (Wildman–Crippen LogP) is 4.02. The van der Waals surface area contributed by atoms with Gasteiger partial charge in [-0.2, -0.15) is 0 Å². The summed E-state index contributed by atoms with van der Waals surface area (Å²) in [6.07, 6.45) is 3.28. The van der Waals surface area contributed by atoms with Crippen LogP contribution in [-0.2, 0) is 6.54 Å². The number of hydrogen-bond acceptors (Lipinski definition) is 3. The van der Waals surface area contributed by atoms with Gasteiger partial charge in [-0.1, -0.05) is 43.3 Å². The Labute approximate surface area is 167 Å². The van der Waals surface area contributed by atoms with Crippen molar-refractivity contribution in [2.45, 2.75) is 19.9 Å². The van der Waals surface area contributed by atoms with Crippen molar-refractivity contribution in [2.24, 2.45) is 11.1 Å². The van der Waals surface area contributed by atoms with Crippen molar-refractivity contribution in [3.8, 4) is 11.3 Å². The van der Waals surface area contributed by atoms with Gasteiger partial charge in [0, 0.05) is 24.8 Å². The van der Waals surface area contributed by atoms with Gasteiger partial charge in [-0.3, -0.25) is 4.90 Å². The Hall–Kier alpha value is -1.59. The van der Waals surface area contributed by atoms with Gasteiger partial charge >= 0.3 is 0 Å². The van der Waals surface area contributed by atoms with Crippen LogP contribution >= 0.6 is 24.8 Å². The largest absolute Gasteiger partial charge is 0.330 e. The van der Waals surface area contributed by atoms with Crippen LogP contribution in [0.15, 0.2) is 54.7 Å². The summed E-state index contributed by atoms with van der Waals surface area (Å²) in [5, 5.41) is 0. The highest BCUT2D eigenvalue weighted by molar-refractivity contribution is 5.85. The second-order valence-electron chi connectivity index (χ2n) is 7.18. The molecule has 6 heteroatoms. The van der Waals surface area contributed by atoms with E-state index in [9.17, 15) is 0 Å². The Morgan fingerprint density at radius 2 is 1.81 bits per heavy atom. The van der Waals surface area contributed by atoms with E-state index in [1.807, 2.05) is 12.1 Å². The molecule has 1 aliphatic heterocycles. The molecule has 4 rings (SSSR count). The summed E-state index contributed by atoms with van der Waals surface area (Å²) in [6, 6.07) is 16.7. The van der Waals surface area contributed by atoms with E-state index < -0.39 is 0 Å². The maximum absolute atomic E-state index is 5.97. The number of rotatable bonds is 4. The van der Waals surface area contributed by atoms with E-state index >= 15 is 0 Å². The lowest BCUT2D eigenvalue weighted by Crippen LogP contribution is -2.31. The third kappa shape index (κ3) is 3.89. The van der Waals surface area contributed by atoms with Gasteiger partial charge in [-0.05, 0) is 37.1 Å². The number of fused-ring (bicyclic) bond motifs is 1. The van der Waals surface area contributed by atoms with Crippen LogP contribution in [0.4, 0.5) is 0 Å². The zero-order valence-electron chi connectivity index (χ0n) is 15.0. The molecule has 1 atom stereocenters. The van der Waals surface area contributed by atoms with Crippen molar-refractivity contribution in [2.75, 3.05) is 19.6 Å². The summed E-state index contributed by atoms with van der Waals surface area (Å²) < 4.78 is 2.22. The molecule has 2 N–H and O–H groups in total. The maximum atomic E-state index is 5.97. The number of pyridine rings is 1. The molecule has 0 spiro atoms. The third-order valence-corrected chi connectivity index (χ3v) is 5.18. The first-order chi connectivity index (χ1) is 11.7. The van der Waals surface area contributed by atoms with Crippen LogP contribution in [0.5, 0.6) is 0 Å². The molecule has 1 aromatic carbocycles. The maximum Gasteiger partial charge on any atom is 0.137 e. The standard InChI is InChI=1S/C20H24N4.2ClH/c1-20(14-21)10-12-23(15-20)13-17-19(16-7-3-2-4-8-16)22-18-9-5-6-11-24(17)18;;/h2-9,11H,10,12-15,21H2,1H3;2*1H. The molecule has 0 bridgehead atoms. The molecule has 0 amide bonds. The van der Waals surface area contributed by atoms with Crippen molar-refractivity contribution >= 4 is 30.5 Å². The third-order valence-electron chi connectivity index (χ3n) is 5.18. The molecular weight excluding hydrogens is 367 g/mol.